The molecule has 0 amide bonds. The van der Waals surface area contributed by atoms with Crippen LogP contribution in [0.3, 0.4) is 0 Å². The minimum atomic E-state index is -0.287. The number of allylic oxidation sites excluding steroid dienone is 1. The predicted molar refractivity (Wildman–Crippen MR) is 91.7 cm³/mol. The number of carbonyl (C=O) groups excluding carboxylic acids is 1. The Hall–Kier alpha value is -1.95. The summed E-state index contributed by atoms with van der Waals surface area (Å²) >= 11 is 1.73. The highest BCUT2D eigenvalue weighted by atomic mass is 32.2. The van der Waals surface area contributed by atoms with E-state index >= 15 is 0 Å². The van der Waals surface area contributed by atoms with Gasteiger partial charge >= 0.3 is 5.97 Å². The van der Waals surface area contributed by atoms with Crippen LogP contribution in [-0.4, -0.2) is 42.1 Å². The van der Waals surface area contributed by atoms with Gasteiger partial charge in [0.1, 0.15) is 5.75 Å². The van der Waals surface area contributed by atoms with Crippen LogP contribution in [0, 0.1) is 0 Å². The van der Waals surface area contributed by atoms with Gasteiger partial charge in [-0.3, -0.25) is 0 Å². The normalized spacial score (nSPS) is 20.2. The number of nitrogens with zero attached hydrogens (tertiary/aromatic N) is 2. The van der Waals surface area contributed by atoms with Crippen LogP contribution in [-0.2, 0) is 9.53 Å². The van der Waals surface area contributed by atoms with Crippen molar-refractivity contribution in [1.29, 1.82) is 0 Å². The summed E-state index contributed by atoms with van der Waals surface area (Å²) in [6, 6.07) is 7.69. The van der Waals surface area contributed by atoms with Crippen LogP contribution in [0.15, 0.2) is 40.5 Å². The molecule has 0 aliphatic carbocycles. The Morgan fingerprint density at radius 1 is 1.39 bits per heavy atom. The second kappa shape index (κ2) is 6.66. The zero-order valence-corrected chi connectivity index (χ0v) is 14.4. The number of hydrogen-bond acceptors (Lipinski definition) is 6. The lowest BCUT2D eigenvalue weighted by molar-refractivity contribution is -0.139. The number of thioether (sulfide) groups is 1. The molecule has 2 aliphatic rings. The fraction of sp³-hybridized carbons (Fsp3) is 0.412. The highest BCUT2D eigenvalue weighted by Gasteiger charge is 2.38. The molecule has 0 saturated carbocycles. The number of benzene rings is 1. The smallest absolute Gasteiger partial charge is 0.338 e. The van der Waals surface area contributed by atoms with Gasteiger partial charge < -0.3 is 14.4 Å². The molecule has 2 aliphatic heterocycles. The maximum Gasteiger partial charge on any atom is 0.338 e. The van der Waals surface area contributed by atoms with E-state index in [2.05, 4.69) is 9.89 Å². The Morgan fingerprint density at radius 3 is 2.78 bits per heavy atom. The Labute approximate surface area is 140 Å². The molecule has 1 saturated heterocycles. The molecule has 0 bridgehead atoms. The van der Waals surface area contributed by atoms with Gasteiger partial charge in [0, 0.05) is 12.3 Å². The van der Waals surface area contributed by atoms with Crippen LogP contribution < -0.4 is 4.74 Å². The summed E-state index contributed by atoms with van der Waals surface area (Å²) in [6.07, 6.45) is 0. The lowest BCUT2D eigenvalue weighted by Crippen LogP contribution is -2.36. The molecule has 0 spiro atoms. The molecule has 5 nitrogen and oxygen atoms in total. The monoisotopic (exact) mass is 332 g/mol. The summed E-state index contributed by atoms with van der Waals surface area (Å²) in [7, 11) is 1.64. The third-order valence-electron chi connectivity index (χ3n) is 3.97. The quantitative estimate of drug-likeness (QED) is 0.794. The van der Waals surface area contributed by atoms with Crippen molar-refractivity contribution >= 4 is 22.9 Å². The maximum atomic E-state index is 12.5. The maximum absolute atomic E-state index is 12.5. The highest BCUT2D eigenvalue weighted by Crippen LogP contribution is 2.40. The first-order chi connectivity index (χ1) is 11.2. The van der Waals surface area contributed by atoms with Gasteiger partial charge in [-0.1, -0.05) is 23.9 Å². The molecule has 0 radical (unpaired) electrons. The number of carbonyl (C=O) groups is 1. The zero-order chi connectivity index (χ0) is 16.4. The summed E-state index contributed by atoms with van der Waals surface area (Å²) in [5, 5.41) is 0.983. The van der Waals surface area contributed by atoms with Gasteiger partial charge in [0.25, 0.3) is 0 Å². The van der Waals surface area contributed by atoms with Gasteiger partial charge in [-0.15, -0.1) is 0 Å². The summed E-state index contributed by atoms with van der Waals surface area (Å²) in [5.41, 5.74) is 2.41. The second-order valence-corrected chi connectivity index (χ2v) is 6.39. The van der Waals surface area contributed by atoms with Crippen molar-refractivity contribution in [3.05, 3.63) is 41.1 Å². The third-order valence-corrected chi connectivity index (χ3v) is 4.94. The molecule has 3 rings (SSSR count). The molecule has 23 heavy (non-hydrogen) atoms. The minimum absolute atomic E-state index is 0.151. The molecule has 2 heterocycles. The first-order valence-corrected chi connectivity index (χ1v) is 8.64. The van der Waals surface area contributed by atoms with Crippen LogP contribution in [0.1, 0.15) is 25.5 Å². The Balaban J connectivity index is 2.04. The fourth-order valence-corrected chi connectivity index (χ4v) is 3.94. The molecule has 0 unspecified atom stereocenters. The van der Waals surface area contributed by atoms with Crippen molar-refractivity contribution in [3.63, 3.8) is 0 Å². The van der Waals surface area contributed by atoms with Crippen molar-refractivity contribution in [2.45, 2.75) is 19.9 Å². The predicted octanol–water partition coefficient (Wildman–Crippen LogP) is 2.99. The van der Waals surface area contributed by atoms with Crippen molar-refractivity contribution in [2.75, 3.05) is 26.0 Å². The van der Waals surface area contributed by atoms with E-state index in [4.69, 9.17) is 9.47 Å². The molecule has 1 aromatic rings. The Kier molecular flexibility index (Phi) is 4.61. The standard InChI is InChI=1S/C17H20N2O3S/c1-4-22-16(20)14-11(2)18-17-19(9-10-23-17)15(14)12-5-7-13(21-3)8-6-12/h5-8,15H,4,9-10H2,1-3H3/t15-/m0/s1. The number of amidine groups is 1. The van der Waals surface area contributed by atoms with Crippen LogP contribution >= 0.6 is 11.8 Å². The van der Waals surface area contributed by atoms with Gasteiger partial charge in [0.15, 0.2) is 5.17 Å². The highest BCUT2D eigenvalue weighted by molar-refractivity contribution is 8.14. The van der Waals surface area contributed by atoms with Crippen LogP contribution in [0.25, 0.3) is 0 Å². The molecular formula is C17H20N2O3S. The molecule has 122 valence electrons. The molecule has 1 fully saturated rings. The number of fused-ring (bicyclic) bond motifs is 1. The van der Waals surface area contributed by atoms with Gasteiger partial charge in [0.2, 0.25) is 0 Å². The second-order valence-electron chi connectivity index (χ2n) is 5.33. The lowest BCUT2D eigenvalue weighted by Gasteiger charge is -2.34. The molecule has 0 aromatic heterocycles. The number of hydrogen-bond donors (Lipinski definition) is 0. The van der Waals surface area contributed by atoms with E-state index in [9.17, 15) is 4.79 Å². The average Bonchev–Trinajstić information content (AvgIpc) is 3.01. The molecule has 1 aromatic carbocycles. The van der Waals surface area contributed by atoms with E-state index in [1.165, 1.54) is 0 Å². The van der Waals surface area contributed by atoms with Crippen LogP contribution in [0.2, 0.25) is 0 Å². The zero-order valence-electron chi connectivity index (χ0n) is 13.5. The van der Waals surface area contributed by atoms with Crippen LogP contribution in [0.4, 0.5) is 0 Å². The number of rotatable bonds is 4. The van der Waals surface area contributed by atoms with E-state index in [1.807, 2.05) is 38.1 Å². The first kappa shape index (κ1) is 15.9. The average molecular weight is 332 g/mol. The summed E-state index contributed by atoms with van der Waals surface area (Å²) in [6.45, 7) is 4.93. The SMILES string of the molecule is CCOC(=O)C1=C(C)N=C2SCCN2[C@H]1c1ccc(OC)cc1. The van der Waals surface area contributed by atoms with E-state index in [0.717, 1.165) is 34.5 Å². The van der Waals surface area contributed by atoms with Gasteiger partial charge in [-0.25, -0.2) is 9.79 Å². The van der Waals surface area contributed by atoms with E-state index < -0.39 is 0 Å². The molecular weight excluding hydrogens is 312 g/mol. The number of ether oxygens (including phenoxy) is 2. The van der Waals surface area contributed by atoms with E-state index in [-0.39, 0.29) is 12.0 Å². The van der Waals surface area contributed by atoms with Crippen molar-refractivity contribution < 1.29 is 14.3 Å². The van der Waals surface area contributed by atoms with Crippen molar-refractivity contribution in [3.8, 4) is 5.75 Å². The van der Waals surface area contributed by atoms with Crippen molar-refractivity contribution in [1.82, 2.24) is 4.90 Å². The summed E-state index contributed by atoms with van der Waals surface area (Å²) in [4.78, 5) is 19.3. The lowest BCUT2D eigenvalue weighted by atomic mass is 9.94. The Morgan fingerprint density at radius 2 is 2.13 bits per heavy atom. The number of aliphatic imine (C=N–C) groups is 1. The topological polar surface area (TPSA) is 51.1 Å². The molecule has 0 N–H and O–H groups in total. The fourth-order valence-electron chi connectivity index (χ4n) is 2.91. The Bertz CT molecular complexity index is 667. The van der Waals surface area contributed by atoms with E-state index in [0.29, 0.717) is 12.2 Å². The van der Waals surface area contributed by atoms with Gasteiger partial charge in [0.05, 0.1) is 31.0 Å². The number of esters is 1. The minimum Gasteiger partial charge on any atom is -0.497 e. The van der Waals surface area contributed by atoms with Crippen LogP contribution in [0.5, 0.6) is 5.75 Å². The summed E-state index contributed by atoms with van der Waals surface area (Å²) in [5.74, 6) is 1.49. The third kappa shape index (κ3) is 2.95. The molecule has 1 atom stereocenters. The largest absolute Gasteiger partial charge is 0.497 e. The van der Waals surface area contributed by atoms with E-state index in [1.54, 1.807) is 18.9 Å². The number of methoxy groups -OCH3 is 1. The first-order valence-electron chi connectivity index (χ1n) is 7.65. The van der Waals surface area contributed by atoms with Crippen molar-refractivity contribution in [2.24, 2.45) is 4.99 Å². The van der Waals surface area contributed by atoms with Gasteiger partial charge in [-0.2, -0.15) is 0 Å². The summed E-state index contributed by atoms with van der Waals surface area (Å²) < 4.78 is 10.5. The van der Waals surface area contributed by atoms with Gasteiger partial charge in [-0.05, 0) is 31.5 Å². The molecule has 6 heteroatoms.